The van der Waals surface area contributed by atoms with Crippen molar-refractivity contribution in [2.24, 2.45) is 0 Å². The Morgan fingerprint density at radius 2 is 1.05 bits per heavy atom. The van der Waals surface area contributed by atoms with Crippen molar-refractivity contribution in [3.8, 4) is 11.5 Å². The molecule has 0 heterocycles. The minimum atomic E-state index is -0.270. The Kier molecular flexibility index (Phi) is 4.68. The normalized spacial score (nSPS) is 10.3. The van der Waals surface area contributed by atoms with Crippen LogP contribution in [0.15, 0.2) is 48.5 Å². The predicted octanol–water partition coefficient (Wildman–Crippen LogP) is 2.18. The number of Topliss-reactive ketones (excluding diaryl/α,β-unsaturated/α-hetero) is 2. The second-order valence-corrected chi connectivity index (χ2v) is 4.43. The van der Waals surface area contributed by atoms with Crippen molar-refractivity contribution in [3.63, 3.8) is 0 Å². The van der Waals surface area contributed by atoms with E-state index in [9.17, 15) is 9.59 Å². The number of ketones is 2. The number of carbonyl (C=O) groups is 2. The van der Waals surface area contributed by atoms with Crippen molar-refractivity contribution in [1.29, 1.82) is 0 Å². The molecule has 108 valence electrons. The lowest BCUT2D eigenvalue weighted by Gasteiger charge is -2.04. The van der Waals surface area contributed by atoms with Crippen LogP contribution in [0, 0.1) is 0 Å². The number of benzene rings is 2. The fourth-order valence-corrected chi connectivity index (χ4v) is 1.70. The highest BCUT2D eigenvalue weighted by molar-refractivity contribution is 5.99. The van der Waals surface area contributed by atoms with Gasteiger partial charge in [0.25, 0.3) is 0 Å². The first-order chi connectivity index (χ1) is 10.1. The quantitative estimate of drug-likeness (QED) is 0.795. The maximum Gasteiger partial charge on any atom is 0.188 e. The highest BCUT2D eigenvalue weighted by Crippen LogP contribution is 2.11. The van der Waals surface area contributed by atoms with Gasteiger partial charge < -0.3 is 14.9 Å². The third-order valence-corrected chi connectivity index (χ3v) is 2.84. The molecule has 5 nitrogen and oxygen atoms in total. The zero-order valence-electron chi connectivity index (χ0n) is 11.2. The lowest BCUT2D eigenvalue weighted by Crippen LogP contribution is -2.15. The third-order valence-electron chi connectivity index (χ3n) is 2.84. The molecule has 0 unspecified atom stereocenters. The zero-order valence-corrected chi connectivity index (χ0v) is 11.2. The Morgan fingerprint density at radius 3 is 1.38 bits per heavy atom. The molecule has 5 heteroatoms. The van der Waals surface area contributed by atoms with Gasteiger partial charge in [-0.3, -0.25) is 9.59 Å². The van der Waals surface area contributed by atoms with Crippen molar-refractivity contribution in [1.82, 2.24) is 0 Å². The molecule has 2 rings (SSSR count). The van der Waals surface area contributed by atoms with Gasteiger partial charge in [-0.05, 0) is 48.5 Å². The average molecular weight is 286 g/mol. The monoisotopic (exact) mass is 286 g/mol. The molecule has 0 atom stereocenters. The van der Waals surface area contributed by atoms with Gasteiger partial charge >= 0.3 is 0 Å². The summed E-state index contributed by atoms with van der Waals surface area (Å²) >= 11 is 0. The van der Waals surface area contributed by atoms with Crippen molar-refractivity contribution in [3.05, 3.63) is 59.7 Å². The van der Waals surface area contributed by atoms with Crippen LogP contribution < -0.4 is 0 Å². The Labute approximate surface area is 121 Å². The summed E-state index contributed by atoms with van der Waals surface area (Å²) in [5.41, 5.74) is 0.815. The first kappa shape index (κ1) is 14.7. The fraction of sp³-hybridized carbons (Fsp3) is 0.125. The van der Waals surface area contributed by atoms with Gasteiger partial charge in [0.1, 0.15) is 24.7 Å². The van der Waals surface area contributed by atoms with E-state index in [1.165, 1.54) is 48.5 Å². The molecule has 21 heavy (non-hydrogen) atoms. The van der Waals surface area contributed by atoms with Crippen LogP contribution in [-0.4, -0.2) is 35.0 Å². The number of hydrogen-bond donors (Lipinski definition) is 2. The molecule has 0 radical (unpaired) electrons. The number of phenols is 2. The van der Waals surface area contributed by atoms with Crippen LogP contribution in [0.2, 0.25) is 0 Å². The van der Waals surface area contributed by atoms with E-state index in [4.69, 9.17) is 14.9 Å². The first-order valence-corrected chi connectivity index (χ1v) is 6.28. The number of aromatic hydroxyl groups is 2. The molecule has 0 amide bonds. The molecule has 2 aromatic carbocycles. The van der Waals surface area contributed by atoms with E-state index in [1.54, 1.807) is 0 Å². The van der Waals surface area contributed by atoms with Gasteiger partial charge in [0.15, 0.2) is 11.6 Å². The van der Waals surface area contributed by atoms with Gasteiger partial charge in [0.05, 0.1) is 0 Å². The smallest absolute Gasteiger partial charge is 0.188 e. The van der Waals surface area contributed by atoms with Crippen LogP contribution in [0.25, 0.3) is 0 Å². The van der Waals surface area contributed by atoms with E-state index < -0.39 is 0 Å². The summed E-state index contributed by atoms with van der Waals surface area (Å²) in [5, 5.41) is 18.3. The second kappa shape index (κ2) is 6.67. The molecule has 2 aromatic rings. The second-order valence-electron chi connectivity index (χ2n) is 4.43. The summed E-state index contributed by atoms with van der Waals surface area (Å²) in [6.45, 7) is -0.427. The zero-order chi connectivity index (χ0) is 15.2. The molecule has 0 aromatic heterocycles. The minimum Gasteiger partial charge on any atom is -0.508 e. The van der Waals surface area contributed by atoms with Crippen LogP contribution in [0.1, 0.15) is 20.7 Å². The van der Waals surface area contributed by atoms with Crippen molar-refractivity contribution < 1.29 is 24.5 Å². The molecular formula is C16H14O5. The highest BCUT2D eigenvalue weighted by atomic mass is 16.5. The van der Waals surface area contributed by atoms with Gasteiger partial charge in [-0.15, -0.1) is 0 Å². The van der Waals surface area contributed by atoms with Crippen molar-refractivity contribution in [2.45, 2.75) is 0 Å². The summed E-state index contributed by atoms with van der Waals surface area (Å²) in [5.74, 6) is -0.382. The topological polar surface area (TPSA) is 83.8 Å². The molecule has 0 aliphatic carbocycles. The lowest BCUT2D eigenvalue weighted by atomic mass is 10.1. The number of ether oxygens (including phenoxy) is 1. The highest BCUT2D eigenvalue weighted by Gasteiger charge is 2.09. The Morgan fingerprint density at radius 1 is 0.714 bits per heavy atom. The van der Waals surface area contributed by atoms with Gasteiger partial charge in [-0.25, -0.2) is 0 Å². The molecule has 0 spiro atoms. The van der Waals surface area contributed by atoms with Crippen LogP contribution in [-0.2, 0) is 4.74 Å². The lowest BCUT2D eigenvalue weighted by molar-refractivity contribution is 0.0672. The molecule has 2 N–H and O–H groups in total. The molecule has 0 saturated carbocycles. The maximum absolute atomic E-state index is 11.8. The average Bonchev–Trinajstić information content (AvgIpc) is 2.48. The molecule has 0 bridgehead atoms. The summed E-state index contributed by atoms with van der Waals surface area (Å²) in [7, 11) is 0. The summed E-state index contributed by atoms with van der Waals surface area (Å²) in [4.78, 5) is 23.5. The molecule has 0 aliphatic rings. The maximum atomic E-state index is 11.8. The molecule has 0 aliphatic heterocycles. The number of carbonyl (C=O) groups excluding carboxylic acids is 2. The predicted molar refractivity (Wildman–Crippen MR) is 75.7 cm³/mol. The van der Waals surface area contributed by atoms with Crippen molar-refractivity contribution >= 4 is 11.6 Å². The van der Waals surface area contributed by atoms with E-state index in [0.717, 1.165) is 0 Å². The van der Waals surface area contributed by atoms with E-state index in [1.807, 2.05) is 0 Å². The van der Waals surface area contributed by atoms with Gasteiger partial charge in [0.2, 0.25) is 0 Å². The van der Waals surface area contributed by atoms with E-state index in [-0.39, 0.29) is 36.3 Å². The van der Waals surface area contributed by atoms with E-state index in [0.29, 0.717) is 11.1 Å². The largest absolute Gasteiger partial charge is 0.508 e. The van der Waals surface area contributed by atoms with Crippen molar-refractivity contribution in [2.75, 3.05) is 13.2 Å². The van der Waals surface area contributed by atoms with Gasteiger partial charge in [-0.2, -0.15) is 0 Å². The molecule has 0 saturated heterocycles. The SMILES string of the molecule is O=C(COCC(=O)c1ccc(O)cc1)c1ccc(O)cc1. The first-order valence-electron chi connectivity index (χ1n) is 6.28. The standard InChI is InChI=1S/C16H14O5/c17-13-5-1-11(2-6-13)15(19)9-21-10-16(20)12-3-7-14(18)8-4-12/h1-8,17-18H,9-10H2. The van der Waals surface area contributed by atoms with Crippen LogP contribution in [0.3, 0.4) is 0 Å². The number of hydrogen-bond acceptors (Lipinski definition) is 5. The molecule has 0 fully saturated rings. The van der Waals surface area contributed by atoms with Crippen LogP contribution in [0.5, 0.6) is 11.5 Å². The Balaban J connectivity index is 1.83. The summed E-state index contributed by atoms with van der Waals surface area (Å²) in [6.07, 6.45) is 0. The number of rotatable bonds is 6. The van der Waals surface area contributed by atoms with Crippen LogP contribution in [0.4, 0.5) is 0 Å². The van der Waals surface area contributed by atoms with E-state index in [2.05, 4.69) is 0 Å². The number of phenolic OH excluding ortho intramolecular Hbond substituents is 2. The minimum absolute atomic E-state index is 0.0787. The van der Waals surface area contributed by atoms with Gasteiger partial charge in [0, 0.05) is 11.1 Å². The van der Waals surface area contributed by atoms with Gasteiger partial charge in [-0.1, -0.05) is 0 Å². The molecular weight excluding hydrogens is 272 g/mol. The summed E-state index contributed by atoms with van der Waals surface area (Å²) < 4.78 is 5.10. The third kappa shape index (κ3) is 4.15. The summed E-state index contributed by atoms with van der Waals surface area (Å²) in [6, 6.07) is 11.6. The Hall–Kier alpha value is -2.66. The fourth-order valence-electron chi connectivity index (χ4n) is 1.70. The van der Waals surface area contributed by atoms with Crippen LogP contribution >= 0.6 is 0 Å². The van der Waals surface area contributed by atoms with E-state index >= 15 is 0 Å². The Bertz CT molecular complexity index is 571.